The van der Waals surface area contributed by atoms with E-state index in [1.165, 1.54) is 15.0 Å². The van der Waals surface area contributed by atoms with Crippen molar-refractivity contribution in [2.24, 2.45) is 0 Å². The maximum Gasteiger partial charge on any atom is 0.0491 e. The molecule has 1 aromatic carbocycles. The number of fused-ring (bicyclic) bond motifs is 1. The summed E-state index contributed by atoms with van der Waals surface area (Å²) in [6, 6.07) is 6.29. The summed E-state index contributed by atoms with van der Waals surface area (Å²) in [6.45, 7) is 2.11. The minimum atomic E-state index is 0.534. The maximum absolute atomic E-state index is 5.88. The van der Waals surface area contributed by atoms with E-state index < -0.39 is 0 Å². The number of thiol groups is 1. The zero-order valence-electron chi connectivity index (χ0n) is 7.17. The van der Waals surface area contributed by atoms with Crippen LogP contribution in [0.15, 0.2) is 23.1 Å². The fourth-order valence-electron chi connectivity index (χ4n) is 1.43. The Bertz CT molecular complexity index is 445. The van der Waals surface area contributed by atoms with Crippen LogP contribution in [-0.4, -0.2) is 0 Å². The van der Waals surface area contributed by atoms with Gasteiger partial charge in [0, 0.05) is 20.4 Å². The highest BCUT2D eigenvalue weighted by Gasteiger charge is 2.06. The number of hydrogen-bond donors (Lipinski definition) is 1. The SMILES string of the molecule is Cc1cc2c(CCl)c(S)ccc2s1. The molecule has 1 aromatic heterocycles. The molecule has 0 N–H and O–H groups in total. The highest BCUT2D eigenvalue weighted by molar-refractivity contribution is 7.80. The number of halogens is 1. The third-order valence-electron chi connectivity index (χ3n) is 2.04. The molecule has 2 rings (SSSR count). The summed E-state index contributed by atoms with van der Waals surface area (Å²) in [6.07, 6.45) is 0. The van der Waals surface area contributed by atoms with Crippen LogP contribution < -0.4 is 0 Å². The molecule has 0 fully saturated rings. The van der Waals surface area contributed by atoms with E-state index in [-0.39, 0.29) is 0 Å². The zero-order valence-corrected chi connectivity index (χ0v) is 9.64. The Morgan fingerprint density at radius 1 is 1.46 bits per heavy atom. The first-order chi connectivity index (χ1) is 6.22. The predicted octanol–water partition coefficient (Wildman–Crippen LogP) is 4.24. The van der Waals surface area contributed by atoms with E-state index in [4.69, 9.17) is 11.6 Å². The molecule has 2 aromatic rings. The molecule has 0 spiro atoms. The number of alkyl halides is 1. The summed E-state index contributed by atoms with van der Waals surface area (Å²) >= 11 is 12.1. The monoisotopic (exact) mass is 228 g/mol. The normalized spacial score (nSPS) is 11.0. The van der Waals surface area contributed by atoms with E-state index in [9.17, 15) is 0 Å². The highest BCUT2D eigenvalue weighted by Crippen LogP contribution is 2.32. The first kappa shape index (κ1) is 9.38. The van der Waals surface area contributed by atoms with Gasteiger partial charge in [-0.2, -0.15) is 0 Å². The second-order valence-corrected chi connectivity index (χ2v) is 5.00. The molecular formula is C10H9ClS2. The Hall–Kier alpha value is -0.180. The van der Waals surface area contributed by atoms with Crippen LogP contribution in [0.5, 0.6) is 0 Å². The number of benzene rings is 1. The van der Waals surface area contributed by atoms with E-state index in [1.807, 2.05) is 6.07 Å². The minimum Gasteiger partial charge on any atom is -0.143 e. The summed E-state index contributed by atoms with van der Waals surface area (Å²) in [5.41, 5.74) is 1.15. The molecule has 0 atom stereocenters. The van der Waals surface area contributed by atoms with Crippen molar-refractivity contribution in [3.8, 4) is 0 Å². The molecule has 0 aliphatic carbocycles. The second-order valence-electron chi connectivity index (χ2n) is 2.97. The summed E-state index contributed by atoms with van der Waals surface area (Å²) in [5.74, 6) is 0.534. The first-order valence-corrected chi connectivity index (χ1v) is 5.79. The largest absolute Gasteiger partial charge is 0.143 e. The Kier molecular flexibility index (Phi) is 2.54. The van der Waals surface area contributed by atoms with Crippen molar-refractivity contribution < 1.29 is 0 Å². The Labute approximate surface area is 91.9 Å². The standard InChI is InChI=1S/C10H9ClS2/c1-6-4-7-8(5-11)9(12)2-3-10(7)13-6/h2-4,12H,5H2,1H3. The van der Waals surface area contributed by atoms with Crippen molar-refractivity contribution in [1.82, 2.24) is 0 Å². The van der Waals surface area contributed by atoms with Crippen LogP contribution in [0, 0.1) is 6.92 Å². The number of aryl methyl sites for hydroxylation is 1. The molecule has 0 aliphatic heterocycles. The molecule has 0 aliphatic rings. The summed E-state index contributed by atoms with van der Waals surface area (Å²) in [5, 5.41) is 1.25. The van der Waals surface area contributed by atoms with Gasteiger partial charge in [-0.15, -0.1) is 35.6 Å². The lowest BCUT2D eigenvalue weighted by Crippen LogP contribution is -1.80. The van der Waals surface area contributed by atoms with Gasteiger partial charge in [0.25, 0.3) is 0 Å². The van der Waals surface area contributed by atoms with Crippen molar-refractivity contribution >= 4 is 45.7 Å². The summed E-state index contributed by atoms with van der Waals surface area (Å²) in [4.78, 5) is 2.31. The molecular weight excluding hydrogens is 220 g/mol. The smallest absolute Gasteiger partial charge is 0.0491 e. The predicted molar refractivity (Wildman–Crippen MR) is 63.4 cm³/mol. The number of hydrogen-bond acceptors (Lipinski definition) is 2. The number of rotatable bonds is 1. The lowest BCUT2D eigenvalue weighted by Gasteiger charge is -2.01. The second kappa shape index (κ2) is 3.52. The molecule has 68 valence electrons. The van der Waals surface area contributed by atoms with Gasteiger partial charge in [-0.3, -0.25) is 0 Å². The van der Waals surface area contributed by atoms with Crippen molar-refractivity contribution in [2.75, 3.05) is 0 Å². The molecule has 0 unspecified atom stereocenters. The summed E-state index contributed by atoms with van der Waals surface area (Å²) < 4.78 is 1.30. The topological polar surface area (TPSA) is 0 Å². The van der Waals surface area contributed by atoms with E-state index in [2.05, 4.69) is 31.7 Å². The van der Waals surface area contributed by atoms with Crippen LogP contribution in [0.1, 0.15) is 10.4 Å². The van der Waals surface area contributed by atoms with Gasteiger partial charge in [0.1, 0.15) is 0 Å². The average molecular weight is 229 g/mol. The van der Waals surface area contributed by atoms with Crippen LogP contribution in [0.3, 0.4) is 0 Å². The van der Waals surface area contributed by atoms with Crippen LogP contribution in [0.2, 0.25) is 0 Å². The lowest BCUT2D eigenvalue weighted by molar-refractivity contribution is 1.31. The highest BCUT2D eigenvalue weighted by atomic mass is 35.5. The quantitative estimate of drug-likeness (QED) is 0.548. The average Bonchev–Trinajstić information content (AvgIpc) is 2.45. The van der Waals surface area contributed by atoms with Crippen LogP contribution in [0.4, 0.5) is 0 Å². The third kappa shape index (κ3) is 1.58. The van der Waals surface area contributed by atoms with Crippen LogP contribution in [-0.2, 0) is 5.88 Å². The van der Waals surface area contributed by atoms with E-state index >= 15 is 0 Å². The van der Waals surface area contributed by atoms with Gasteiger partial charge >= 0.3 is 0 Å². The van der Waals surface area contributed by atoms with Gasteiger partial charge in [0.05, 0.1) is 0 Å². The van der Waals surface area contributed by atoms with Gasteiger partial charge in [-0.05, 0) is 36.1 Å². The van der Waals surface area contributed by atoms with Crippen molar-refractivity contribution in [3.63, 3.8) is 0 Å². The molecule has 0 radical (unpaired) electrons. The molecule has 0 saturated heterocycles. The summed E-state index contributed by atoms with van der Waals surface area (Å²) in [7, 11) is 0. The van der Waals surface area contributed by atoms with E-state index in [0.717, 1.165) is 10.5 Å². The van der Waals surface area contributed by atoms with Gasteiger partial charge in [0.2, 0.25) is 0 Å². The van der Waals surface area contributed by atoms with Gasteiger partial charge in [0.15, 0.2) is 0 Å². The van der Waals surface area contributed by atoms with Crippen molar-refractivity contribution in [1.29, 1.82) is 0 Å². The lowest BCUT2D eigenvalue weighted by atomic mass is 10.1. The Morgan fingerprint density at radius 3 is 2.92 bits per heavy atom. The molecule has 0 nitrogen and oxygen atoms in total. The van der Waals surface area contributed by atoms with E-state index in [1.54, 1.807) is 11.3 Å². The molecule has 1 heterocycles. The Balaban J connectivity index is 2.82. The Morgan fingerprint density at radius 2 is 2.23 bits per heavy atom. The van der Waals surface area contributed by atoms with Gasteiger partial charge < -0.3 is 0 Å². The van der Waals surface area contributed by atoms with Gasteiger partial charge in [-0.25, -0.2) is 0 Å². The maximum atomic E-state index is 5.88. The zero-order chi connectivity index (χ0) is 9.42. The van der Waals surface area contributed by atoms with Gasteiger partial charge in [-0.1, -0.05) is 0 Å². The molecule has 3 heteroatoms. The van der Waals surface area contributed by atoms with Crippen LogP contribution >= 0.6 is 35.6 Å². The van der Waals surface area contributed by atoms with E-state index in [0.29, 0.717) is 5.88 Å². The fraction of sp³-hybridized carbons (Fsp3) is 0.200. The fourth-order valence-corrected chi connectivity index (χ4v) is 3.03. The third-order valence-corrected chi connectivity index (χ3v) is 3.75. The molecule has 0 saturated carbocycles. The molecule has 0 amide bonds. The first-order valence-electron chi connectivity index (χ1n) is 3.99. The molecule has 0 bridgehead atoms. The van der Waals surface area contributed by atoms with Crippen LogP contribution in [0.25, 0.3) is 10.1 Å². The minimum absolute atomic E-state index is 0.534. The molecule has 13 heavy (non-hydrogen) atoms. The van der Waals surface area contributed by atoms with Crippen molar-refractivity contribution in [3.05, 3.63) is 28.6 Å². The van der Waals surface area contributed by atoms with Crippen molar-refractivity contribution in [2.45, 2.75) is 17.7 Å². The number of thiophene rings is 1.